The molecule has 2 N–H and O–H groups in total. The molecule has 3 aromatic rings. The van der Waals surface area contributed by atoms with E-state index in [4.69, 9.17) is 16.3 Å². The molecule has 154 valence electrons. The van der Waals surface area contributed by atoms with Gasteiger partial charge in [-0.2, -0.15) is 0 Å². The number of amides is 2. The van der Waals surface area contributed by atoms with Gasteiger partial charge in [-0.3, -0.25) is 0 Å². The molecule has 0 radical (unpaired) electrons. The first-order chi connectivity index (χ1) is 14.5. The molecule has 1 atom stereocenters. The van der Waals surface area contributed by atoms with Crippen LogP contribution in [0.5, 0.6) is 0 Å². The van der Waals surface area contributed by atoms with E-state index < -0.39 is 12.0 Å². The van der Waals surface area contributed by atoms with Gasteiger partial charge in [-0.15, -0.1) is 0 Å². The summed E-state index contributed by atoms with van der Waals surface area (Å²) in [7, 11) is 0. The van der Waals surface area contributed by atoms with Gasteiger partial charge in [-0.1, -0.05) is 59.6 Å². The van der Waals surface area contributed by atoms with Crippen LogP contribution in [0.2, 0.25) is 5.02 Å². The topological polar surface area (TPSA) is 67.4 Å². The van der Waals surface area contributed by atoms with E-state index in [0.717, 1.165) is 11.1 Å². The standard InChI is InChI=1S/C24H23ClN2O3/c1-17-6-5-9-19(14-17)23(28)30-16-22(15-18-7-3-2-4-8-18)27-24(29)26-21-12-10-20(25)11-13-21/h2-14,22H,15-16H2,1H3,(H2,26,27,29). The Bertz CT molecular complexity index is 991. The first-order valence-electron chi connectivity index (χ1n) is 9.60. The Balaban J connectivity index is 1.64. The Morgan fingerprint density at radius 3 is 2.40 bits per heavy atom. The number of ether oxygens (including phenoxy) is 1. The molecule has 1 unspecified atom stereocenters. The fourth-order valence-electron chi connectivity index (χ4n) is 2.97. The van der Waals surface area contributed by atoms with E-state index >= 15 is 0 Å². The summed E-state index contributed by atoms with van der Waals surface area (Å²) in [6.45, 7) is 1.97. The molecule has 0 spiro atoms. The molecule has 5 nitrogen and oxygen atoms in total. The minimum Gasteiger partial charge on any atom is -0.460 e. The van der Waals surface area contributed by atoms with Gasteiger partial charge in [-0.25, -0.2) is 9.59 Å². The van der Waals surface area contributed by atoms with E-state index in [2.05, 4.69) is 10.6 Å². The van der Waals surface area contributed by atoms with Crippen molar-refractivity contribution in [2.24, 2.45) is 0 Å². The molecule has 0 bridgehead atoms. The van der Waals surface area contributed by atoms with Crippen LogP contribution in [-0.2, 0) is 11.2 Å². The van der Waals surface area contributed by atoms with Gasteiger partial charge in [0, 0.05) is 10.7 Å². The van der Waals surface area contributed by atoms with Crippen LogP contribution in [0.3, 0.4) is 0 Å². The molecule has 0 aliphatic carbocycles. The van der Waals surface area contributed by atoms with Crippen LogP contribution < -0.4 is 10.6 Å². The van der Waals surface area contributed by atoms with Gasteiger partial charge in [0.1, 0.15) is 6.61 Å². The van der Waals surface area contributed by atoms with E-state index in [1.165, 1.54) is 0 Å². The highest BCUT2D eigenvalue weighted by Crippen LogP contribution is 2.13. The molecule has 0 saturated heterocycles. The quantitative estimate of drug-likeness (QED) is 0.512. The minimum atomic E-state index is -0.420. The number of nitrogens with one attached hydrogen (secondary N) is 2. The average molecular weight is 423 g/mol. The second-order valence-electron chi connectivity index (χ2n) is 6.96. The van der Waals surface area contributed by atoms with Crippen molar-refractivity contribution in [2.45, 2.75) is 19.4 Å². The lowest BCUT2D eigenvalue weighted by Gasteiger charge is -2.19. The third kappa shape index (κ3) is 6.64. The first kappa shape index (κ1) is 21.4. The Labute approximate surface area is 181 Å². The molecular formula is C24H23ClN2O3. The Morgan fingerprint density at radius 2 is 1.70 bits per heavy atom. The maximum atomic E-state index is 12.5. The van der Waals surface area contributed by atoms with Gasteiger partial charge in [-0.05, 0) is 55.3 Å². The summed E-state index contributed by atoms with van der Waals surface area (Å²) < 4.78 is 5.49. The lowest BCUT2D eigenvalue weighted by Crippen LogP contribution is -2.42. The molecule has 0 aliphatic rings. The number of hydrogen-bond acceptors (Lipinski definition) is 3. The third-order valence-electron chi connectivity index (χ3n) is 4.43. The number of anilines is 1. The fourth-order valence-corrected chi connectivity index (χ4v) is 3.09. The Morgan fingerprint density at radius 1 is 0.967 bits per heavy atom. The zero-order valence-electron chi connectivity index (χ0n) is 16.6. The number of benzene rings is 3. The van der Waals surface area contributed by atoms with Crippen LogP contribution in [-0.4, -0.2) is 24.6 Å². The number of halogens is 1. The van der Waals surface area contributed by atoms with Gasteiger partial charge >= 0.3 is 12.0 Å². The van der Waals surface area contributed by atoms with E-state index in [9.17, 15) is 9.59 Å². The number of carbonyl (C=O) groups excluding carboxylic acids is 2. The highest BCUT2D eigenvalue weighted by atomic mass is 35.5. The zero-order chi connectivity index (χ0) is 21.3. The maximum Gasteiger partial charge on any atom is 0.338 e. The average Bonchev–Trinajstić information content (AvgIpc) is 2.74. The van der Waals surface area contributed by atoms with E-state index in [1.54, 1.807) is 36.4 Å². The normalized spacial score (nSPS) is 11.4. The number of aryl methyl sites for hydroxylation is 1. The highest BCUT2D eigenvalue weighted by Gasteiger charge is 2.17. The molecule has 0 saturated carbocycles. The molecule has 6 heteroatoms. The summed E-state index contributed by atoms with van der Waals surface area (Å²) in [6, 6.07) is 23.0. The van der Waals surface area contributed by atoms with Gasteiger partial charge in [0.25, 0.3) is 0 Å². The number of esters is 1. The van der Waals surface area contributed by atoms with Crippen molar-refractivity contribution in [2.75, 3.05) is 11.9 Å². The fraction of sp³-hybridized carbons (Fsp3) is 0.167. The van der Waals surface area contributed by atoms with Crippen LogP contribution in [0.4, 0.5) is 10.5 Å². The first-order valence-corrected chi connectivity index (χ1v) is 9.98. The number of rotatable bonds is 7. The molecule has 0 heterocycles. The Hall–Kier alpha value is -3.31. The van der Waals surface area contributed by atoms with Crippen molar-refractivity contribution in [1.82, 2.24) is 5.32 Å². The number of urea groups is 1. The predicted molar refractivity (Wildman–Crippen MR) is 119 cm³/mol. The van der Waals surface area contributed by atoms with E-state index in [0.29, 0.717) is 22.7 Å². The van der Waals surface area contributed by atoms with Crippen LogP contribution in [0.25, 0.3) is 0 Å². The largest absolute Gasteiger partial charge is 0.460 e. The highest BCUT2D eigenvalue weighted by molar-refractivity contribution is 6.30. The summed E-state index contributed by atoms with van der Waals surface area (Å²) in [4.78, 5) is 24.9. The molecule has 3 aromatic carbocycles. The van der Waals surface area contributed by atoms with Crippen LogP contribution >= 0.6 is 11.6 Å². The van der Waals surface area contributed by atoms with Gasteiger partial charge in [0.15, 0.2) is 0 Å². The van der Waals surface area contributed by atoms with Crippen LogP contribution in [0, 0.1) is 6.92 Å². The second kappa shape index (κ2) is 10.5. The molecule has 2 amide bonds. The molecule has 3 rings (SSSR count). The molecule has 0 aliphatic heterocycles. The zero-order valence-corrected chi connectivity index (χ0v) is 17.4. The lowest BCUT2D eigenvalue weighted by molar-refractivity contribution is 0.0469. The summed E-state index contributed by atoms with van der Waals surface area (Å²) in [5.41, 5.74) is 3.11. The predicted octanol–water partition coefficient (Wildman–Crippen LogP) is 5.24. The van der Waals surface area contributed by atoms with Crippen molar-refractivity contribution in [3.63, 3.8) is 0 Å². The van der Waals surface area contributed by atoms with Gasteiger partial charge in [0.05, 0.1) is 11.6 Å². The monoisotopic (exact) mass is 422 g/mol. The maximum absolute atomic E-state index is 12.5. The Kier molecular flexibility index (Phi) is 7.46. The molecular weight excluding hydrogens is 400 g/mol. The van der Waals surface area contributed by atoms with Gasteiger partial charge < -0.3 is 15.4 Å². The minimum absolute atomic E-state index is 0.0513. The van der Waals surface area contributed by atoms with Crippen molar-refractivity contribution in [3.8, 4) is 0 Å². The summed E-state index contributed by atoms with van der Waals surface area (Å²) >= 11 is 5.88. The number of hydrogen-bond donors (Lipinski definition) is 2. The smallest absolute Gasteiger partial charge is 0.338 e. The molecule has 0 fully saturated rings. The van der Waals surface area contributed by atoms with E-state index in [1.807, 2.05) is 49.4 Å². The molecule has 30 heavy (non-hydrogen) atoms. The van der Waals surface area contributed by atoms with Crippen LogP contribution in [0.15, 0.2) is 78.9 Å². The second-order valence-corrected chi connectivity index (χ2v) is 7.40. The van der Waals surface area contributed by atoms with Crippen molar-refractivity contribution in [1.29, 1.82) is 0 Å². The summed E-state index contributed by atoms with van der Waals surface area (Å²) in [6.07, 6.45) is 0.524. The van der Waals surface area contributed by atoms with Crippen molar-refractivity contribution in [3.05, 3.63) is 101 Å². The summed E-state index contributed by atoms with van der Waals surface area (Å²) in [5.74, 6) is -0.420. The van der Waals surface area contributed by atoms with E-state index in [-0.39, 0.29) is 12.6 Å². The molecule has 0 aromatic heterocycles. The lowest BCUT2D eigenvalue weighted by atomic mass is 10.1. The van der Waals surface area contributed by atoms with Crippen LogP contribution in [0.1, 0.15) is 21.5 Å². The number of carbonyl (C=O) groups is 2. The SMILES string of the molecule is Cc1cccc(C(=O)OCC(Cc2ccccc2)NC(=O)Nc2ccc(Cl)cc2)c1. The van der Waals surface area contributed by atoms with Crippen molar-refractivity contribution < 1.29 is 14.3 Å². The summed E-state index contributed by atoms with van der Waals surface area (Å²) in [5, 5.41) is 6.24. The van der Waals surface area contributed by atoms with Crippen molar-refractivity contribution >= 4 is 29.3 Å². The van der Waals surface area contributed by atoms with Gasteiger partial charge in [0.2, 0.25) is 0 Å². The third-order valence-corrected chi connectivity index (χ3v) is 4.68.